The van der Waals surface area contributed by atoms with Crippen molar-refractivity contribution in [3.8, 4) is 0 Å². The van der Waals surface area contributed by atoms with E-state index in [2.05, 4.69) is 15.3 Å². The van der Waals surface area contributed by atoms with Gasteiger partial charge in [0.15, 0.2) is 0 Å². The quantitative estimate of drug-likeness (QED) is 0.800. The third-order valence-electron chi connectivity index (χ3n) is 3.47. The summed E-state index contributed by atoms with van der Waals surface area (Å²) in [7, 11) is 1.69. The molecule has 24 heavy (non-hydrogen) atoms. The number of carbonyl (C=O) groups is 1. The average Bonchev–Trinajstić information content (AvgIpc) is 2.57. The summed E-state index contributed by atoms with van der Waals surface area (Å²) in [5.74, 6) is -1.22. The normalized spacial score (nSPS) is 10.6. The van der Waals surface area contributed by atoms with Gasteiger partial charge in [-0.05, 0) is 24.3 Å². The molecule has 0 aliphatic heterocycles. The molecule has 5 nitrogen and oxygen atoms in total. The Morgan fingerprint density at radius 2 is 1.96 bits per heavy atom. The van der Waals surface area contributed by atoms with Crippen molar-refractivity contribution >= 4 is 28.3 Å². The maximum Gasteiger partial charge on any atom is 0.244 e. The fourth-order valence-electron chi connectivity index (χ4n) is 2.37. The summed E-state index contributed by atoms with van der Waals surface area (Å²) in [4.78, 5) is 22.1. The van der Waals surface area contributed by atoms with E-state index in [1.807, 2.05) is 24.3 Å². The minimum atomic E-state index is -0.695. The molecule has 3 rings (SSSR count). The zero-order chi connectivity index (χ0) is 17.1. The summed E-state index contributed by atoms with van der Waals surface area (Å²) in [5, 5.41) is 3.16. The molecule has 1 N–H and O–H groups in total. The lowest BCUT2D eigenvalue weighted by molar-refractivity contribution is -0.114. The van der Waals surface area contributed by atoms with Gasteiger partial charge >= 0.3 is 0 Å². The molecule has 3 aromatic rings. The molecular weight excluding hydrogens is 314 g/mol. The summed E-state index contributed by atoms with van der Waals surface area (Å²) < 4.78 is 26.7. The Morgan fingerprint density at radius 3 is 2.79 bits per heavy atom. The number of rotatable bonds is 4. The molecule has 0 aliphatic carbocycles. The lowest BCUT2D eigenvalue weighted by Gasteiger charge is -2.19. The Balaban J connectivity index is 1.77. The van der Waals surface area contributed by atoms with Crippen molar-refractivity contribution in [1.29, 1.82) is 0 Å². The number of para-hydroxylation sites is 1. The lowest BCUT2D eigenvalue weighted by Crippen LogP contribution is -2.31. The number of carbonyl (C=O) groups excluding carboxylic acids is 1. The van der Waals surface area contributed by atoms with Gasteiger partial charge in [0, 0.05) is 18.5 Å². The summed E-state index contributed by atoms with van der Waals surface area (Å²) in [5.41, 5.74) is 0.562. The Morgan fingerprint density at radius 1 is 1.17 bits per heavy atom. The van der Waals surface area contributed by atoms with Crippen LogP contribution >= 0.6 is 0 Å². The third kappa shape index (κ3) is 3.29. The molecule has 1 heterocycles. The standard InChI is InChI=1S/C17H14F2N4O/c1-23(17-12-4-2-3-5-14(12)20-10-21-17)9-16(24)22-15-8-11(18)6-7-13(15)19/h2-8,10H,9H2,1H3,(H,22,24). The van der Waals surface area contributed by atoms with Crippen molar-refractivity contribution < 1.29 is 13.6 Å². The maximum atomic E-state index is 13.6. The topological polar surface area (TPSA) is 58.1 Å². The molecule has 122 valence electrons. The highest BCUT2D eigenvalue weighted by atomic mass is 19.1. The molecular formula is C17H14F2N4O. The van der Waals surface area contributed by atoms with Gasteiger partial charge in [0.05, 0.1) is 17.7 Å². The van der Waals surface area contributed by atoms with Crippen LogP contribution in [0, 0.1) is 11.6 Å². The number of anilines is 2. The van der Waals surface area contributed by atoms with E-state index in [1.165, 1.54) is 6.33 Å². The predicted octanol–water partition coefficient (Wildman–Crippen LogP) is 2.98. The molecule has 0 saturated carbocycles. The van der Waals surface area contributed by atoms with E-state index in [9.17, 15) is 13.6 Å². The van der Waals surface area contributed by atoms with Gasteiger partial charge in [-0.2, -0.15) is 0 Å². The molecule has 1 aromatic heterocycles. The molecule has 1 amide bonds. The van der Waals surface area contributed by atoms with Gasteiger partial charge in [0.2, 0.25) is 5.91 Å². The van der Waals surface area contributed by atoms with E-state index < -0.39 is 17.5 Å². The Labute approximate surface area is 137 Å². The van der Waals surface area contributed by atoms with Crippen molar-refractivity contribution in [2.45, 2.75) is 0 Å². The highest BCUT2D eigenvalue weighted by molar-refractivity contribution is 5.96. The van der Waals surface area contributed by atoms with E-state index >= 15 is 0 Å². The first-order valence-corrected chi connectivity index (χ1v) is 7.20. The van der Waals surface area contributed by atoms with Crippen molar-refractivity contribution in [2.24, 2.45) is 0 Å². The first-order valence-electron chi connectivity index (χ1n) is 7.20. The van der Waals surface area contributed by atoms with Crippen LogP contribution in [0.25, 0.3) is 10.9 Å². The van der Waals surface area contributed by atoms with E-state index in [4.69, 9.17) is 0 Å². The number of benzene rings is 2. The van der Waals surface area contributed by atoms with Gasteiger partial charge in [-0.25, -0.2) is 18.7 Å². The molecule has 7 heteroatoms. The SMILES string of the molecule is CN(CC(=O)Nc1cc(F)ccc1F)c1ncnc2ccccc12. The Bertz CT molecular complexity index is 895. The van der Waals surface area contributed by atoms with Crippen LogP contribution in [0.1, 0.15) is 0 Å². The predicted molar refractivity (Wildman–Crippen MR) is 87.8 cm³/mol. The molecule has 2 aromatic carbocycles. The van der Waals surface area contributed by atoms with Crippen LogP contribution in [0.2, 0.25) is 0 Å². The van der Waals surface area contributed by atoms with Gasteiger partial charge in [-0.15, -0.1) is 0 Å². The van der Waals surface area contributed by atoms with Crippen LogP contribution in [0.15, 0.2) is 48.8 Å². The number of nitrogens with zero attached hydrogens (tertiary/aromatic N) is 3. The van der Waals surface area contributed by atoms with E-state index in [0.29, 0.717) is 5.82 Å². The first-order chi connectivity index (χ1) is 11.5. The lowest BCUT2D eigenvalue weighted by atomic mass is 10.2. The molecule has 0 unspecified atom stereocenters. The van der Waals surface area contributed by atoms with E-state index in [-0.39, 0.29) is 12.2 Å². The van der Waals surface area contributed by atoms with Crippen LogP contribution in [-0.4, -0.2) is 29.5 Å². The fourth-order valence-corrected chi connectivity index (χ4v) is 2.37. The monoisotopic (exact) mass is 328 g/mol. The van der Waals surface area contributed by atoms with E-state index in [0.717, 1.165) is 29.1 Å². The van der Waals surface area contributed by atoms with Crippen molar-refractivity contribution in [3.63, 3.8) is 0 Å². The van der Waals surface area contributed by atoms with Gasteiger partial charge < -0.3 is 10.2 Å². The molecule has 0 atom stereocenters. The molecule has 0 fully saturated rings. The van der Waals surface area contributed by atoms with Crippen molar-refractivity contribution in [1.82, 2.24) is 9.97 Å². The average molecular weight is 328 g/mol. The zero-order valence-corrected chi connectivity index (χ0v) is 12.8. The second-order valence-electron chi connectivity index (χ2n) is 5.24. The van der Waals surface area contributed by atoms with Crippen LogP contribution < -0.4 is 10.2 Å². The fraction of sp³-hybridized carbons (Fsp3) is 0.118. The summed E-state index contributed by atoms with van der Waals surface area (Å²) in [6, 6.07) is 10.3. The van der Waals surface area contributed by atoms with Gasteiger partial charge in [0.25, 0.3) is 0 Å². The van der Waals surface area contributed by atoms with Crippen LogP contribution in [0.4, 0.5) is 20.3 Å². The van der Waals surface area contributed by atoms with Crippen molar-refractivity contribution in [2.75, 3.05) is 23.8 Å². The third-order valence-corrected chi connectivity index (χ3v) is 3.47. The van der Waals surface area contributed by atoms with Gasteiger partial charge in [-0.3, -0.25) is 4.79 Å². The maximum absolute atomic E-state index is 13.6. The Hall–Kier alpha value is -3.09. The van der Waals surface area contributed by atoms with Crippen LogP contribution in [-0.2, 0) is 4.79 Å². The number of nitrogens with one attached hydrogen (secondary N) is 1. The number of fused-ring (bicyclic) bond motifs is 1. The largest absolute Gasteiger partial charge is 0.350 e. The zero-order valence-electron chi connectivity index (χ0n) is 12.8. The number of halogens is 2. The highest BCUT2D eigenvalue weighted by Gasteiger charge is 2.14. The second kappa shape index (κ2) is 6.57. The molecule has 0 spiro atoms. The number of likely N-dealkylation sites (N-methyl/N-ethyl adjacent to an activating group) is 1. The summed E-state index contributed by atoms with van der Waals surface area (Å²) in [6.07, 6.45) is 1.41. The van der Waals surface area contributed by atoms with E-state index in [1.54, 1.807) is 11.9 Å². The molecule has 0 aliphatic rings. The number of amides is 1. The number of aromatic nitrogens is 2. The molecule has 0 radical (unpaired) electrons. The smallest absolute Gasteiger partial charge is 0.244 e. The number of hydrogen-bond acceptors (Lipinski definition) is 4. The van der Waals surface area contributed by atoms with Crippen molar-refractivity contribution in [3.05, 3.63) is 60.4 Å². The first kappa shape index (κ1) is 15.8. The summed E-state index contributed by atoms with van der Waals surface area (Å²) in [6.45, 7) is -0.0725. The minimum absolute atomic E-state index is 0.0725. The van der Waals surface area contributed by atoms with Crippen LogP contribution in [0.3, 0.4) is 0 Å². The highest BCUT2D eigenvalue weighted by Crippen LogP contribution is 2.21. The molecule has 0 saturated heterocycles. The molecule has 0 bridgehead atoms. The number of hydrogen-bond donors (Lipinski definition) is 1. The van der Waals surface area contributed by atoms with Gasteiger partial charge in [0.1, 0.15) is 23.8 Å². The van der Waals surface area contributed by atoms with Crippen LogP contribution in [0.5, 0.6) is 0 Å². The second-order valence-corrected chi connectivity index (χ2v) is 5.24. The Kier molecular flexibility index (Phi) is 4.33. The minimum Gasteiger partial charge on any atom is -0.350 e. The van der Waals surface area contributed by atoms with Gasteiger partial charge in [-0.1, -0.05) is 12.1 Å². The summed E-state index contributed by atoms with van der Waals surface area (Å²) >= 11 is 0.